The Morgan fingerprint density at radius 1 is 1.20 bits per heavy atom. The number of rotatable bonds is 3. The summed E-state index contributed by atoms with van der Waals surface area (Å²) in [5, 5.41) is 4.04. The average molecular weight is 483 g/mol. The molecule has 7 nitrogen and oxygen atoms in total. The summed E-state index contributed by atoms with van der Waals surface area (Å²) in [5.74, 6) is -0.236. The topological polar surface area (TPSA) is 82.6 Å². The number of thiazole rings is 1. The van der Waals surface area contributed by atoms with Crippen LogP contribution < -0.4 is 10.2 Å². The molecule has 3 aromatic rings. The number of halogens is 2. The fourth-order valence-electron chi connectivity index (χ4n) is 3.11. The monoisotopic (exact) mass is 482 g/mol. The quantitative estimate of drug-likeness (QED) is 0.605. The van der Waals surface area contributed by atoms with Gasteiger partial charge in [-0.05, 0) is 36.4 Å². The van der Waals surface area contributed by atoms with Crippen LogP contribution in [0.5, 0.6) is 0 Å². The second-order valence-electron chi connectivity index (χ2n) is 6.60. The molecule has 1 unspecified atom stereocenters. The Kier molecular flexibility index (Phi) is 5.97. The predicted octanol–water partition coefficient (Wildman–Crippen LogP) is 4.22. The lowest BCUT2D eigenvalue weighted by molar-refractivity contribution is -0.120. The van der Waals surface area contributed by atoms with Crippen LogP contribution in [-0.4, -0.2) is 51.9 Å². The third-order valence-corrected chi connectivity index (χ3v) is 7.00. The van der Waals surface area contributed by atoms with E-state index in [1.165, 1.54) is 16.2 Å². The summed E-state index contributed by atoms with van der Waals surface area (Å²) in [5.41, 5.74) is 1.28. The summed E-state index contributed by atoms with van der Waals surface area (Å²) in [6, 6.07) is 9.87. The van der Waals surface area contributed by atoms with E-state index in [1.807, 2.05) is 0 Å². The third kappa shape index (κ3) is 4.29. The molecule has 1 N–H and O–H groups in total. The smallest absolute Gasteiger partial charge is 0.313 e. The first-order valence-electron chi connectivity index (χ1n) is 8.87. The molecular weight excluding hydrogens is 467 g/mol. The van der Waals surface area contributed by atoms with Crippen LogP contribution in [0.15, 0.2) is 41.3 Å². The van der Waals surface area contributed by atoms with Crippen molar-refractivity contribution in [1.29, 1.82) is 0 Å². The molecule has 2 aromatic carbocycles. The van der Waals surface area contributed by atoms with Gasteiger partial charge in [0.15, 0.2) is 5.13 Å². The number of carbonyl (C=O) groups is 2. The first-order valence-corrected chi connectivity index (χ1v) is 12.0. The summed E-state index contributed by atoms with van der Waals surface area (Å²) in [6.45, 7) is 0.591. The summed E-state index contributed by atoms with van der Waals surface area (Å²) in [7, 11) is -1.09. The SMILES string of the molecule is CS(=O)c1ccc2nc(NC(=O)N3CCN(c4ccc(Cl)cc4Cl)C(=O)C3)sc2c1. The van der Waals surface area contributed by atoms with E-state index < -0.39 is 16.8 Å². The van der Waals surface area contributed by atoms with E-state index in [4.69, 9.17) is 23.2 Å². The molecule has 4 rings (SSSR count). The zero-order chi connectivity index (χ0) is 21.4. The van der Waals surface area contributed by atoms with Crippen molar-refractivity contribution in [2.45, 2.75) is 4.90 Å². The lowest BCUT2D eigenvalue weighted by Gasteiger charge is -2.34. The van der Waals surface area contributed by atoms with Crippen molar-refractivity contribution >= 4 is 78.3 Å². The Hall–Kier alpha value is -2.20. The number of hydrogen-bond donors (Lipinski definition) is 1. The molecular formula is C19H16Cl2N4O3S2. The van der Waals surface area contributed by atoms with E-state index >= 15 is 0 Å². The molecule has 0 saturated carbocycles. The molecule has 0 aliphatic carbocycles. The molecule has 30 heavy (non-hydrogen) atoms. The number of hydrogen-bond acceptors (Lipinski definition) is 5. The van der Waals surface area contributed by atoms with Crippen molar-refractivity contribution < 1.29 is 13.8 Å². The van der Waals surface area contributed by atoms with Crippen molar-refractivity contribution in [2.24, 2.45) is 0 Å². The number of piperazine rings is 1. The van der Waals surface area contributed by atoms with Gasteiger partial charge in [0, 0.05) is 40.1 Å². The number of nitrogens with zero attached hydrogens (tertiary/aromatic N) is 3. The summed E-state index contributed by atoms with van der Waals surface area (Å²) in [4.78, 5) is 33.3. The zero-order valence-electron chi connectivity index (χ0n) is 15.7. The van der Waals surface area contributed by atoms with Crippen LogP contribution in [0.3, 0.4) is 0 Å². The summed E-state index contributed by atoms with van der Waals surface area (Å²) in [6.07, 6.45) is 1.61. The highest BCUT2D eigenvalue weighted by molar-refractivity contribution is 7.84. The molecule has 1 atom stereocenters. The fraction of sp³-hybridized carbons (Fsp3) is 0.211. The Balaban J connectivity index is 1.44. The van der Waals surface area contributed by atoms with Gasteiger partial charge in [0.1, 0.15) is 6.54 Å². The molecule has 3 amide bonds. The van der Waals surface area contributed by atoms with Crippen LogP contribution in [0.25, 0.3) is 10.2 Å². The molecule has 1 aromatic heterocycles. The van der Waals surface area contributed by atoms with Gasteiger partial charge in [-0.15, -0.1) is 0 Å². The molecule has 156 valence electrons. The first-order chi connectivity index (χ1) is 14.3. The van der Waals surface area contributed by atoms with Gasteiger partial charge in [-0.3, -0.25) is 14.3 Å². The number of anilines is 2. The minimum Gasteiger partial charge on any atom is -0.313 e. The van der Waals surface area contributed by atoms with Crippen LogP contribution in [0.1, 0.15) is 0 Å². The van der Waals surface area contributed by atoms with Crippen LogP contribution in [-0.2, 0) is 15.6 Å². The van der Waals surface area contributed by atoms with Crippen molar-refractivity contribution in [3.8, 4) is 0 Å². The highest BCUT2D eigenvalue weighted by Crippen LogP contribution is 2.31. The fourth-order valence-corrected chi connectivity index (χ4v) is 5.13. The largest absolute Gasteiger partial charge is 0.324 e. The van der Waals surface area contributed by atoms with Gasteiger partial charge in [-0.25, -0.2) is 9.78 Å². The van der Waals surface area contributed by atoms with Gasteiger partial charge in [0.05, 0.1) is 20.9 Å². The minimum atomic E-state index is -1.09. The minimum absolute atomic E-state index is 0.0748. The van der Waals surface area contributed by atoms with Crippen molar-refractivity contribution in [2.75, 3.05) is 36.1 Å². The van der Waals surface area contributed by atoms with E-state index in [0.717, 1.165) is 4.70 Å². The molecule has 1 saturated heterocycles. The lowest BCUT2D eigenvalue weighted by atomic mass is 10.2. The van der Waals surface area contributed by atoms with Crippen LogP contribution in [0, 0.1) is 0 Å². The maximum absolute atomic E-state index is 12.6. The van der Waals surface area contributed by atoms with Gasteiger partial charge in [-0.1, -0.05) is 34.5 Å². The lowest BCUT2D eigenvalue weighted by Crippen LogP contribution is -2.53. The molecule has 0 bridgehead atoms. The van der Waals surface area contributed by atoms with E-state index in [1.54, 1.807) is 47.6 Å². The molecule has 0 spiro atoms. The number of benzene rings is 2. The molecule has 11 heteroatoms. The van der Waals surface area contributed by atoms with Gasteiger partial charge in [-0.2, -0.15) is 0 Å². The summed E-state index contributed by atoms with van der Waals surface area (Å²) < 4.78 is 12.5. The molecule has 2 heterocycles. The average Bonchev–Trinajstić information content (AvgIpc) is 3.09. The maximum Gasteiger partial charge on any atom is 0.324 e. The molecule has 0 radical (unpaired) electrons. The highest BCUT2D eigenvalue weighted by Gasteiger charge is 2.29. The van der Waals surface area contributed by atoms with Crippen LogP contribution in [0.4, 0.5) is 15.6 Å². The van der Waals surface area contributed by atoms with Crippen LogP contribution >= 0.6 is 34.5 Å². The van der Waals surface area contributed by atoms with E-state index in [2.05, 4.69) is 10.3 Å². The number of nitrogens with one attached hydrogen (secondary N) is 1. The van der Waals surface area contributed by atoms with Crippen molar-refractivity contribution in [3.63, 3.8) is 0 Å². The van der Waals surface area contributed by atoms with Crippen molar-refractivity contribution in [1.82, 2.24) is 9.88 Å². The Bertz CT molecular complexity index is 1180. The van der Waals surface area contributed by atoms with E-state index in [9.17, 15) is 13.8 Å². The Labute approximate surface area is 189 Å². The number of fused-ring (bicyclic) bond motifs is 1. The molecule has 1 aliphatic heterocycles. The first kappa shape index (κ1) is 21.0. The number of aromatic nitrogens is 1. The number of amides is 3. The molecule has 1 fully saturated rings. The standard InChI is InChI=1S/C19H16Cl2N4O3S2/c1-30(28)12-3-4-14-16(9-12)29-18(22-14)23-19(27)24-6-7-25(17(26)10-24)15-5-2-11(20)8-13(15)21/h2-5,8-9H,6-7,10H2,1H3,(H,22,23,27). The van der Waals surface area contributed by atoms with Gasteiger partial charge < -0.3 is 9.80 Å². The zero-order valence-corrected chi connectivity index (χ0v) is 18.9. The third-order valence-electron chi connectivity index (χ3n) is 4.61. The normalized spacial score (nSPS) is 15.5. The van der Waals surface area contributed by atoms with Gasteiger partial charge in [0.2, 0.25) is 5.91 Å². The second-order valence-corrected chi connectivity index (χ2v) is 9.85. The highest BCUT2D eigenvalue weighted by atomic mass is 35.5. The van der Waals surface area contributed by atoms with Crippen LogP contribution in [0.2, 0.25) is 10.0 Å². The number of carbonyl (C=O) groups excluding carboxylic acids is 2. The Morgan fingerprint density at radius 2 is 2.00 bits per heavy atom. The van der Waals surface area contributed by atoms with Crippen molar-refractivity contribution in [3.05, 3.63) is 46.4 Å². The maximum atomic E-state index is 12.6. The van der Waals surface area contributed by atoms with Gasteiger partial charge in [0.25, 0.3) is 0 Å². The summed E-state index contributed by atoms with van der Waals surface area (Å²) >= 11 is 13.4. The number of urea groups is 1. The van der Waals surface area contributed by atoms with E-state index in [0.29, 0.717) is 44.4 Å². The predicted molar refractivity (Wildman–Crippen MR) is 121 cm³/mol. The molecule has 1 aliphatic rings. The Morgan fingerprint density at radius 3 is 2.70 bits per heavy atom. The van der Waals surface area contributed by atoms with Gasteiger partial charge >= 0.3 is 6.03 Å². The van der Waals surface area contributed by atoms with E-state index in [-0.39, 0.29) is 12.5 Å². The second kappa shape index (κ2) is 8.50.